The zero-order valence-corrected chi connectivity index (χ0v) is 12.7. The predicted octanol–water partition coefficient (Wildman–Crippen LogP) is 2.22. The Bertz CT molecular complexity index is 728. The first-order valence-electron chi connectivity index (χ1n) is 6.32. The van der Waals surface area contributed by atoms with E-state index in [1.165, 1.54) is 23.5 Å². The van der Waals surface area contributed by atoms with Gasteiger partial charge in [-0.3, -0.25) is 0 Å². The number of hydrogen-bond donors (Lipinski definition) is 1. The van der Waals surface area contributed by atoms with Crippen molar-refractivity contribution in [3.05, 3.63) is 54.1 Å². The minimum Gasteiger partial charge on any atom is -0.507 e. The van der Waals surface area contributed by atoms with Gasteiger partial charge < -0.3 is 9.84 Å². The molecule has 1 N–H and O–H groups in total. The molecule has 0 atom stereocenters. The topological polar surface area (TPSA) is 66.8 Å². The van der Waals surface area contributed by atoms with Gasteiger partial charge in [0.15, 0.2) is 0 Å². The minimum absolute atomic E-state index is 0.101. The standard InChI is InChI=1S/C15H17NO4S/c1-16(11-12-6-5-7-13(10-12)20-2)21(18,19)15-9-4-3-8-14(15)17/h3-10,17H,11H2,1-2H3. The molecule has 0 spiro atoms. The minimum atomic E-state index is -3.74. The number of aromatic hydroxyl groups is 1. The van der Waals surface area contributed by atoms with E-state index in [0.717, 1.165) is 5.56 Å². The maximum absolute atomic E-state index is 12.4. The van der Waals surface area contributed by atoms with Crippen LogP contribution >= 0.6 is 0 Å². The van der Waals surface area contributed by atoms with E-state index in [4.69, 9.17) is 4.74 Å². The highest BCUT2D eigenvalue weighted by Gasteiger charge is 2.23. The van der Waals surface area contributed by atoms with E-state index >= 15 is 0 Å². The molecule has 2 rings (SSSR count). The molecule has 0 fully saturated rings. The van der Waals surface area contributed by atoms with Crippen molar-refractivity contribution in [1.82, 2.24) is 4.31 Å². The summed E-state index contributed by atoms with van der Waals surface area (Å²) in [5.74, 6) is 0.413. The molecular formula is C15H17NO4S. The fourth-order valence-corrected chi connectivity index (χ4v) is 3.19. The van der Waals surface area contributed by atoms with Gasteiger partial charge in [-0.1, -0.05) is 24.3 Å². The lowest BCUT2D eigenvalue weighted by Crippen LogP contribution is -2.26. The van der Waals surface area contributed by atoms with Crippen LogP contribution in [0.25, 0.3) is 0 Å². The first-order valence-corrected chi connectivity index (χ1v) is 7.76. The first kappa shape index (κ1) is 15.3. The average Bonchev–Trinajstić information content (AvgIpc) is 2.47. The van der Waals surface area contributed by atoms with Crippen LogP contribution in [0.2, 0.25) is 0 Å². The van der Waals surface area contributed by atoms with Gasteiger partial charge in [0.2, 0.25) is 10.0 Å². The smallest absolute Gasteiger partial charge is 0.246 e. The number of methoxy groups -OCH3 is 1. The fourth-order valence-electron chi connectivity index (χ4n) is 1.96. The molecule has 0 aliphatic heterocycles. The Morgan fingerprint density at radius 1 is 1.14 bits per heavy atom. The second kappa shape index (κ2) is 6.15. The third-order valence-electron chi connectivity index (χ3n) is 3.09. The quantitative estimate of drug-likeness (QED) is 0.920. The fraction of sp³-hybridized carbons (Fsp3) is 0.200. The normalized spacial score (nSPS) is 11.6. The summed E-state index contributed by atoms with van der Waals surface area (Å²) in [6.07, 6.45) is 0. The van der Waals surface area contributed by atoms with Gasteiger partial charge >= 0.3 is 0 Å². The molecule has 21 heavy (non-hydrogen) atoms. The molecular weight excluding hydrogens is 290 g/mol. The molecule has 0 aromatic heterocycles. The number of para-hydroxylation sites is 1. The number of ether oxygens (including phenoxy) is 1. The molecule has 0 aliphatic rings. The van der Waals surface area contributed by atoms with Gasteiger partial charge in [0.05, 0.1) is 7.11 Å². The highest BCUT2D eigenvalue weighted by molar-refractivity contribution is 7.89. The zero-order chi connectivity index (χ0) is 15.5. The van der Waals surface area contributed by atoms with Crippen molar-refractivity contribution in [3.8, 4) is 11.5 Å². The lowest BCUT2D eigenvalue weighted by molar-refractivity contribution is 0.412. The van der Waals surface area contributed by atoms with Gasteiger partial charge in [-0.25, -0.2) is 8.42 Å². The van der Waals surface area contributed by atoms with Crippen molar-refractivity contribution in [3.63, 3.8) is 0 Å². The summed E-state index contributed by atoms with van der Waals surface area (Å²) in [5, 5.41) is 9.72. The van der Waals surface area contributed by atoms with Gasteiger partial charge in [0.1, 0.15) is 16.4 Å². The largest absolute Gasteiger partial charge is 0.507 e. The van der Waals surface area contributed by atoms with Crippen molar-refractivity contribution in [2.45, 2.75) is 11.4 Å². The first-order chi connectivity index (χ1) is 9.95. The Balaban J connectivity index is 2.27. The van der Waals surface area contributed by atoms with Crippen LogP contribution in [0, 0.1) is 0 Å². The second-order valence-electron chi connectivity index (χ2n) is 4.58. The molecule has 0 unspecified atom stereocenters. The van der Waals surface area contributed by atoms with E-state index in [2.05, 4.69) is 0 Å². The SMILES string of the molecule is COc1cccc(CN(C)S(=O)(=O)c2ccccc2O)c1. The molecule has 2 aromatic carbocycles. The van der Waals surface area contributed by atoms with Crippen LogP contribution in [-0.2, 0) is 16.6 Å². The molecule has 0 saturated carbocycles. The molecule has 6 heteroatoms. The Morgan fingerprint density at radius 3 is 2.52 bits per heavy atom. The van der Waals surface area contributed by atoms with Crippen LogP contribution in [0.15, 0.2) is 53.4 Å². The third kappa shape index (κ3) is 3.34. The maximum Gasteiger partial charge on any atom is 0.246 e. The molecule has 0 aliphatic carbocycles. The third-order valence-corrected chi connectivity index (χ3v) is 4.94. The number of nitrogens with zero attached hydrogens (tertiary/aromatic N) is 1. The molecule has 112 valence electrons. The van der Waals surface area contributed by atoms with Crippen molar-refractivity contribution in [2.24, 2.45) is 0 Å². The number of phenolic OH excluding ortho intramolecular Hbond substituents is 1. The second-order valence-corrected chi connectivity index (χ2v) is 6.59. The lowest BCUT2D eigenvalue weighted by atomic mass is 10.2. The molecule has 0 bridgehead atoms. The van der Waals surface area contributed by atoms with Crippen molar-refractivity contribution < 1.29 is 18.3 Å². The van der Waals surface area contributed by atoms with Crippen LogP contribution in [0.4, 0.5) is 0 Å². The van der Waals surface area contributed by atoms with E-state index in [1.54, 1.807) is 37.4 Å². The lowest BCUT2D eigenvalue weighted by Gasteiger charge is -2.18. The number of hydrogen-bond acceptors (Lipinski definition) is 4. The Kier molecular flexibility index (Phi) is 4.50. The van der Waals surface area contributed by atoms with Gasteiger partial charge in [0.25, 0.3) is 0 Å². The van der Waals surface area contributed by atoms with E-state index in [-0.39, 0.29) is 17.2 Å². The Morgan fingerprint density at radius 2 is 1.86 bits per heavy atom. The monoisotopic (exact) mass is 307 g/mol. The van der Waals surface area contributed by atoms with Gasteiger partial charge in [0, 0.05) is 13.6 Å². The molecule has 2 aromatic rings. The summed E-state index contributed by atoms with van der Waals surface area (Å²) in [7, 11) is -0.714. The van der Waals surface area contributed by atoms with Gasteiger partial charge in [-0.05, 0) is 29.8 Å². The van der Waals surface area contributed by atoms with Crippen molar-refractivity contribution >= 4 is 10.0 Å². The number of phenols is 1. The van der Waals surface area contributed by atoms with E-state index in [0.29, 0.717) is 5.75 Å². The molecule has 0 saturated heterocycles. The predicted molar refractivity (Wildman–Crippen MR) is 79.8 cm³/mol. The van der Waals surface area contributed by atoms with E-state index in [1.807, 2.05) is 6.07 Å². The molecule has 5 nitrogen and oxygen atoms in total. The maximum atomic E-state index is 12.4. The highest BCUT2D eigenvalue weighted by Crippen LogP contribution is 2.25. The van der Waals surface area contributed by atoms with Crippen LogP contribution in [0.5, 0.6) is 11.5 Å². The molecule has 0 radical (unpaired) electrons. The van der Waals surface area contributed by atoms with Crippen LogP contribution in [-0.4, -0.2) is 32.0 Å². The van der Waals surface area contributed by atoms with E-state index in [9.17, 15) is 13.5 Å². The summed E-state index contributed by atoms with van der Waals surface area (Å²) in [6.45, 7) is 0.188. The Labute approximate surface area is 124 Å². The van der Waals surface area contributed by atoms with Crippen molar-refractivity contribution in [2.75, 3.05) is 14.2 Å². The number of sulfonamides is 1. The Hall–Kier alpha value is -2.05. The average molecular weight is 307 g/mol. The van der Waals surface area contributed by atoms with Crippen molar-refractivity contribution in [1.29, 1.82) is 0 Å². The zero-order valence-electron chi connectivity index (χ0n) is 11.9. The summed E-state index contributed by atoms with van der Waals surface area (Å²) in [6, 6.07) is 13.1. The molecule has 0 heterocycles. The highest BCUT2D eigenvalue weighted by atomic mass is 32.2. The van der Waals surface area contributed by atoms with E-state index < -0.39 is 10.0 Å². The number of rotatable bonds is 5. The van der Waals surface area contributed by atoms with Crippen LogP contribution < -0.4 is 4.74 Å². The van der Waals surface area contributed by atoms with Crippen LogP contribution in [0.3, 0.4) is 0 Å². The summed E-state index contributed by atoms with van der Waals surface area (Å²) >= 11 is 0. The van der Waals surface area contributed by atoms with Gasteiger partial charge in [-0.15, -0.1) is 0 Å². The summed E-state index contributed by atoms with van der Waals surface area (Å²) in [4.78, 5) is -0.101. The van der Waals surface area contributed by atoms with Gasteiger partial charge in [-0.2, -0.15) is 4.31 Å². The summed E-state index contributed by atoms with van der Waals surface area (Å²) in [5.41, 5.74) is 0.802. The number of benzene rings is 2. The van der Waals surface area contributed by atoms with Crippen LogP contribution in [0.1, 0.15) is 5.56 Å². The molecule has 0 amide bonds. The summed E-state index contributed by atoms with van der Waals surface area (Å²) < 4.78 is 31.2.